The zero-order valence-corrected chi connectivity index (χ0v) is 17.6. The lowest BCUT2D eigenvalue weighted by molar-refractivity contribution is 0.0600. The van der Waals surface area contributed by atoms with Crippen LogP contribution in [0.3, 0.4) is 0 Å². The van der Waals surface area contributed by atoms with Crippen molar-refractivity contribution in [1.29, 1.82) is 0 Å². The van der Waals surface area contributed by atoms with Gasteiger partial charge in [0, 0.05) is 10.7 Å². The summed E-state index contributed by atoms with van der Waals surface area (Å²) in [5.74, 6) is -0.898. The van der Waals surface area contributed by atoms with E-state index in [2.05, 4.69) is 10.4 Å². The quantitative estimate of drug-likeness (QED) is 0.583. The Bertz CT molecular complexity index is 1090. The summed E-state index contributed by atoms with van der Waals surface area (Å²) >= 11 is 12.7. The molecule has 0 saturated carbocycles. The first-order valence-electron chi connectivity index (χ1n) is 8.78. The number of halogens is 2. The van der Waals surface area contributed by atoms with E-state index in [1.54, 1.807) is 31.2 Å². The molecule has 0 atom stereocenters. The fourth-order valence-corrected chi connectivity index (χ4v) is 3.41. The Kier molecular flexibility index (Phi) is 6.25. The first-order chi connectivity index (χ1) is 13.8. The van der Waals surface area contributed by atoms with E-state index in [0.29, 0.717) is 28.5 Å². The Morgan fingerprint density at radius 3 is 2.55 bits per heavy atom. The maximum Gasteiger partial charge on any atom is 0.337 e. The van der Waals surface area contributed by atoms with Gasteiger partial charge < -0.3 is 10.1 Å². The smallest absolute Gasteiger partial charge is 0.337 e. The molecule has 0 saturated heterocycles. The maximum absolute atomic E-state index is 12.9. The van der Waals surface area contributed by atoms with Crippen LogP contribution in [0.2, 0.25) is 10.2 Å². The van der Waals surface area contributed by atoms with Gasteiger partial charge in [0.25, 0.3) is 5.91 Å². The summed E-state index contributed by atoms with van der Waals surface area (Å²) in [5, 5.41) is 7.99. The zero-order valence-electron chi connectivity index (χ0n) is 16.1. The number of amides is 1. The highest BCUT2D eigenvalue weighted by atomic mass is 35.5. The average molecular weight is 432 g/mol. The first kappa shape index (κ1) is 20.9. The van der Waals surface area contributed by atoms with Crippen LogP contribution in [0, 0.1) is 13.8 Å². The molecule has 1 N–H and O–H groups in total. The minimum absolute atomic E-state index is 0.210. The fraction of sp³-hybridized carbons (Fsp3) is 0.190. The van der Waals surface area contributed by atoms with Crippen LogP contribution < -0.4 is 5.32 Å². The Balaban J connectivity index is 1.88. The number of hydrogen-bond acceptors (Lipinski definition) is 4. The van der Waals surface area contributed by atoms with Crippen LogP contribution in [-0.2, 0) is 11.3 Å². The normalized spacial score (nSPS) is 10.7. The molecule has 0 unspecified atom stereocenters. The average Bonchev–Trinajstić information content (AvgIpc) is 2.97. The number of methoxy groups -OCH3 is 1. The third kappa shape index (κ3) is 4.44. The number of aryl methyl sites for hydroxylation is 2. The van der Waals surface area contributed by atoms with Crippen LogP contribution in [-0.4, -0.2) is 28.8 Å². The lowest BCUT2D eigenvalue weighted by Crippen LogP contribution is -2.15. The topological polar surface area (TPSA) is 73.2 Å². The van der Waals surface area contributed by atoms with Gasteiger partial charge in [0.2, 0.25) is 0 Å². The van der Waals surface area contributed by atoms with Crippen LogP contribution in [0.25, 0.3) is 0 Å². The molecule has 29 heavy (non-hydrogen) atoms. The molecule has 0 bridgehead atoms. The third-order valence-electron chi connectivity index (χ3n) is 4.48. The number of esters is 1. The summed E-state index contributed by atoms with van der Waals surface area (Å²) in [7, 11) is 1.30. The van der Waals surface area contributed by atoms with Gasteiger partial charge in [-0.2, -0.15) is 5.10 Å². The summed E-state index contributed by atoms with van der Waals surface area (Å²) in [5.41, 5.74) is 3.22. The third-order valence-corrected chi connectivity index (χ3v) is 5.23. The van der Waals surface area contributed by atoms with Crippen molar-refractivity contribution in [3.05, 3.63) is 80.6 Å². The number of carbonyl (C=O) groups is 2. The first-order valence-corrected chi connectivity index (χ1v) is 9.54. The van der Waals surface area contributed by atoms with E-state index in [4.69, 9.17) is 27.9 Å². The van der Waals surface area contributed by atoms with Crippen LogP contribution >= 0.6 is 23.2 Å². The summed E-state index contributed by atoms with van der Waals surface area (Å²) in [4.78, 5) is 24.7. The molecule has 0 spiro atoms. The maximum atomic E-state index is 12.9. The molecule has 0 aliphatic heterocycles. The van der Waals surface area contributed by atoms with E-state index in [1.165, 1.54) is 11.8 Å². The number of nitrogens with zero attached hydrogens (tertiary/aromatic N) is 2. The number of carbonyl (C=O) groups excluding carboxylic acids is 2. The molecule has 1 amide bonds. The molecular weight excluding hydrogens is 413 g/mol. The summed E-state index contributed by atoms with van der Waals surface area (Å²) < 4.78 is 6.26. The van der Waals surface area contributed by atoms with Gasteiger partial charge in [-0.15, -0.1) is 0 Å². The number of aromatic nitrogens is 2. The van der Waals surface area contributed by atoms with Crippen LogP contribution in [0.15, 0.2) is 42.5 Å². The van der Waals surface area contributed by atoms with Crippen molar-refractivity contribution in [3.8, 4) is 0 Å². The fourth-order valence-electron chi connectivity index (χ4n) is 2.89. The molecule has 8 heteroatoms. The lowest BCUT2D eigenvalue weighted by Gasteiger charge is -2.10. The molecule has 6 nitrogen and oxygen atoms in total. The highest BCUT2D eigenvalue weighted by molar-refractivity contribution is 6.34. The van der Waals surface area contributed by atoms with Crippen LogP contribution in [0.4, 0.5) is 5.69 Å². The second kappa shape index (κ2) is 8.68. The van der Waals surface area contributed by atoms with Gasteiger partial charge >= 0.3 is 5.97 Å². The van der Waals surface area contributed by atoms with Crippen molar-refractivity contribution in [2.45, 2.75) is 20.4 Å². The molecule has 0 fully saturated rings. The molecule has 3 rings (SSSR count). The highest BCUT2D eigenvalue weighted by Gasteiger charge is 2.22. The van der Waals surface area contributed by atoms with Crippen LogP contribution in [0.5, 0.6) is 0 Å². The number of hydrogen-bond donors (Lipinski definition) is 1. The van der Waals surface area contributed by atoms with E-state index in [9.17, 15) is 9.59 Å². The second-order valence-corrected chi connectivity index (χ2v) is 7.24. The number of anilines is 1. The summed E-state index contributed by atoms with van der Waals surface area (Å²) in [6, 6.07) is 12.3. The van der Waals surface area contributed by atoms with E-state index in [0.717, 1.165) is 11.1 Å². The van der Waals surface area contributed by atoms with Crippen molar-refractivity contribution in [1.82, 2.24) is 9.78 Å². The zero-order chi connectivity index (χ0) is 21.1. The standard InChI is InChI=1S/C21H19Cl2N3O3/c1-12-8-9-14(21(28)29-3)10-17(12)24-20(27)18-13(2)25-26(19(18)23)11-15-6-4-5-7-16(15)22/h4-10H,11H2,1-3H3,(H,24,27). The molecule has 1 heterocycles. The Labute approximate surface area is 178 Å². The monoisotopic (exact) mass is 431 g/mol. The van der Waals surface area contributed by atoms with Crippen LogP contribution in [0.1, 0.15) is 37.5 Å². The minimum atomic E-state index is -0.484. The number of benzene rings is 2. The summed E-state index contributed by atoms with van der Waals surface area (Å²) in [6.07, 6.45) is 0. The highest BCUT2D eigenvalue weighted by Crippen LogP contribution is 2.25. The number of ether oxygens (including phenoxy) is 1. The molecule has 0 aliphatic carbocycles. The van der Waals surface area contributed by atoms with Crippen molar-refractivity contribution in [3.63, 3.8) is 0 Å². The van der Waals surface area contributed by atoms with Crippen molar-refractivity contribution < 1.29 is 14.3 Å². The molecule has 0 radical (unpaired) electrons. The van der Waals surface area contributed by atoms with E-state index >= 15 is 0 Å². The molecular formula is C21H19Cl2N3O3. The van der Waals surface area contributed by atoms with Crippen molar-refractivity contribution in [2.75, 3.05) is 12.4 Å². The largest absolute Gasteiger partial charge is 0.465 e. The van der Waals surface area contributed by atoms with Gasteiger partial charge in [0.05, 0.1) is 30.5 Å². The number of rotatable bonds is 5. The summed E-state index contributed by atoms with van der Waals surface area (Å²) in [6.45, 7) is 3.87. The predicted molar refractivity (Wildman–Crippen MR) is 113 cm³/mol. The SMILES string of the molecule is COC(=O)c1ccc(C)c(NC(=O)c2c(C)nn(Cc3ccccc3Cl)c2Cl)c1. The van der Waals surface area contributed by atoms with Crippen molar-refractivity contribution >= 4 is 40.8 Å². The Morgan fingerprint density at radius 1 is 1.14 bits per heavy atom. The van der Waals surface area contributed by atoms with Gasteiger partial charge in [0.15, 0.2) is 0 Å². The van der Waals surface area contributed by atoms with Crippen molar-refractivity contribution in [2.24, 2.45) is 0 Å². The van der Waals surface area contributed by atoms with Gasteiger partial charge in [-0.3, -0.25) is 4.79 Å². The van der Waals surface area contributed by atoms with E-state index < -0.39 is 11.9 Å². The van der Waals surface area contributed by atoms with Gasteiger partial charge in [-0.1, -0.05) is 47.5 Å². The van der Waals surface area contributed by atoms with Gasteiger partial charge in [-0.25, -0.2) is 9.48 Å². The van der Waals surface area contributed by atoms with Gasteiger partial charge in [-0.05, 0) is 43.2 Å². The molecule has 0 aliphatic rings. The second-order valence-electron chi connectivity index (χ2n) is 6.48. The molecule has 150 valence electrons. The molecule has 2 aromatic carbocycles. The molecule has 3 aromatic rings. The Morgan fingerprint density at radius 2 is 1.86 bits per heavy atom. The number of nitrogens with one attached hydrogen (secondary N) is 1. The van der Waals surface area contributed by atoms with Gasteiger partial charge in [0.1, 0.15) is 5.15 Å². The molecule has 1 aromatic heterocycles. The van der Waals surface area contributed by atoms with E-state index in [1.807, 2.05) is 25.1 Å². The minimum Gasteiger partial charge on any atom is -0.465 e. The Hall–Kier alpha value is -2.83. The van der Waals surface area contributed by atoms with E-state index in [-0.39, 0.29) is 10.7 Å². The lowest BCUT2D eigenvalue weighted by atomic mass is 10.1. The predicted octanol–water partition coefficient (Wildman–Crippen LogP) is 4.89.